The van der Waals surface area contributed by atoms with Gasteiger partial charge in [0.15, 0.2) is 0 Å². The molecule has 1 atom stereocenters. The van der Waals surface area contributed by atoms with E-state index < -0.39 is 18.5 Å². The van der Waals surface area contributed by atoms with Gasteiger partial charge in [0.05, 0.1) is 6.04 Å². The van der Waals surface area contributed by atoms with E-state index in [1.54, 1.807) is 0 Å². The minimum Gasteiger partial charge on any atom is -0.322 e. The number of hydrogen-bond donors (Lipinski definition) is 1. The number of halogens is 4. The van der Waals surface area contributed by atoms with Crippen molar-refractivity contribution in [3.63, 3.8) is 0 Å². The Morgan fingerprint density at radius 3 is 2.62 bits per heavy atom. The number of nitrogens with two attached hydrogens (primary N) is 1. The monoisotopic (exact) mass is 271 g/mol. The second-order valence-electron chi connectivity index (χ2n) is 2.43. The van der Waals surface area contributed by atoms with Gasteiger partial charge in [0, 0.05) is 4.47 Å². The number of benzene rings is 1. The molecule has 0 aliphatic rings. The molecule has 0 aliphatic heterocycles. The molecule has 0 radical (unpaired) electrons. The second kappa shape index (κ2) is 5.52. The molecule has 2 N–H and O–H groups in total. The molecule has 0 spiro atoms. The summed E-state index contributed by atoms with van der Waals surface area (Å²) in [6.45, 7) is -0.692. The van der Waals surface area contributed by atoms with Gasteiger partial charge in [-0.25, -0.2) is 8.78 Å². The fraction of sp³-hybridized carbons (Fsp3) is 0.250. The third kappa shape index (κ3) is 3.21. The number of alkyl halides is 1. The normalized spacial score (nSPS) is 12.0. The van der Waals surface area contributed by atoms with Gasteiger partial charge in [0.2, 0.25) is 0 Å². The maximum Gasteiger partial charge on any atom is 0.123 e. The van der Waals surface area contributed by atoms with Crippen LogP contribution in [0.1, 0.15) is 11.6 Å². The maximum absolute atomic E-state index is 12.6. The van der Waals surface area contributed by atoms with E-state index in [0.29, 0.717) is 10.0 Å². The molecule has 5 heteroatoms. The first-order valence-corrected chi connectivity index (χ1v) is 4.21. The van der Waals surface area contributed by atoms with E-state index >= 15 is 0 Å². The fourth-order valence-corrected chi connectivity index (χ4v) is 1.42. The molecule has 1 aromatic carbocycles. The van der Waals surface area contributed by atoms with Crippen molar-refractivity contribution < 1.29 is 8.78 Å². The van der Waals surface area contributed by atoms with Crippen molar-refractivity contribution >= 4 is 28.3 Å². The minimum atomic E-state index is -0.755. The first-order valence-electron chi connectivity index (χ1n) is 3.41. The molecule has 0 aromatic heterocycles. The fourth-order valence-electron chi connectivity index (χ4n) is 0.882. The van der Waals surface area contributed by atoms with Crippen molar-refractivity contribution in [2.24, 2.45) is 5.73 Å². The summed E-state index contributed by atoms with van der Waals surface area (Å²) in [5.74, 6) is -0.405. The molecule has 0 saturated carbocycles. The zero-order valence-corrected chi connectivity index (χ0v) is 9.04. The average molecular weight is 273 g/mol. The number of hydrogen-bond acceptors (Lipinski definition) is 1. The van der Waals surface area contributed by atoms with Crippen molar-refractivity contribution in [1.82, 2.24) is 0 Å². The van der Waals surface area contributed by atoms with E-state index in [0.717, 1.165) is 0 Å². The molecular formula is C8H9BrClF2N. The van der Waals surface area contributed by atoms with Crippen LogP contribution in [0.3, 0.4) is 0 Å². The predicted octanol–water partition coefficient (Wildman–Crippen LogP) is 2.98. The molecule has 0 fully saturated rings. The van der Waals surface area contributed by atoms with E-state index in [1.165, 1.54) is 18.2 Å². The van der Waals surface area contributed by atoms with Crippen LogP contribution in [0.4, 0.5) is 8.78 Å². The van der Waals surface area contributed by atoms with E-state index in [1.807, 2.05) is 0 Å². The smallest absolute Gasteiger partial charge is 0.123 e. The van der Waals surface area contributed by atoms with Gasteiger partial charge in [-0.3, -0.25) is 0 Å². The Hall–Kier alpha value is -0.190. The van der Waals surface area contributed by atoms with Crippen LogP contribution in [0.25, 0.3) is 0 Å². The standard InChI is InChI=1S/C8H8BrF2N.ClH/c9-7-2-1-5(11)3-6(7)8(12)4-10;/h1-3,8H,4,12H2;1H/t8-;/m0./s1. The quantitative estimate of drug-likeness (QED) is 0.880. The van der Waals surface area contributed by atoms with Crippen molar-refractivity contribution in [2.45, 2.75) is 6.04 Å². The lowest BCUT2D eigenvalue weighted by Gasteiger charge is -2.09. The summed E-state index contributed by atoms with van der Waals surface area (Å²) in [6, 6.07) is 3.28. The Morgan fingerprint density at radius 1 is 1.46 bits per heavy atom. The van der Waals surface area contributed by atoms with E-state index in [9.17, 15) is 8.78 Å². The van der Waals surface area contributed by atoms with Gasteiger partial charge in [-0.2, -0.15) is 0 Å². The Kier molecular flexibility index (Phi) is 5.44. The number of rotatable bonds is 2. The van der Waals surface area contributed by atoms with Gasteiger partial charge >= 0.3 is 0 Å². The van der Waals surface area contributed by atoms with Crippen LogP contribution >= 0.6 is 28.3 Å². The van der Waals surface area contributed by atoms with Gasteiger partial charge < -0.3 is 5.73 Å². The van der Waals surface area contributed by atoms with Crippen molar-refractivity contribution in [2.75, 3.05) is 6.67 Å². The van der Waals surface area contributed by atoms with E-state index in [4.69, 9.17) is 5.73 Å². The van der Waals surface area contributed by atoms with Gasteiger partial charge in [-0.05, 0) is 23.8 Å². The SMILES string of the molecule is Cl.N[C@@H](CF)c1cc(F)ccc1Br. The van der Waals surface area contributed by atoms with Crippen LogP contribution in [0, 0.1) is 5.82 Å². The molecule has 0 unspecified atom stereocenters. The summed E-state index contributed by atoms with van der Waals surface area (Å²) in [6.07, 6.45) is 0. The average Bonchev–Trinajstić information content (AvgIpc) is 2.08. The highest BCUT2D eigenvalue weighted by atomic mass is 79.9. The van der Waals surface area contributed by atoms with E-state index in [2.05, 4.69) is 15.9 Å². The first kappa shape index (κ1) is 12.8. The summed E-state index contributed by atoms with van der Waals surface area (Å²) in [5, 5.41) is 0. The largest absolute Gasteiger partial charge is 0.322 e. The Labute approximate surface area is 89.9 Å². The molecule has 0 amide bonds. The van der Waals surface area contributed by atoms with Crippen LogP contribution in [0.5, 0.6) is 0 Å². The second-order valence-corrected chi connectivity index (χ2v) is 3.28. The molecule has 0 aliphatic carbocycles. The molecule has 13 heavy (non-hydrogen) atoms. The van der Waals surface area contributed by atoms with E-state index in [-0.39, 0.29) is 12.4 Å². The lowest BCUT2D eigenvalue weighted by molar-refractivity contribution is 0.435. The van der Waals surface area contributed by atoms with Gasteiger partial charge in [-0.15, -0.1) is 12.4 Å². The Balaban J connectivity index is 0.00000144. The minimum absolute atomic E-state index is 0. The lowest BCUT2D eigenvalue weighted by Crippen LogP contribution is -2.12. The van der Waals surface area contributed by atoms with Gasteiger partial charge in [0.25, 0.3) is 0 Å². The predicted molar refractivity (Wildman–Crippen MR) is 54.3 cm³/mol. The highest BCUT2D eigenvalue weighted by Crippen LogP contribution is 2.23. The van der Waals surface area contributed by atoms with Crippen molar-refractivity contribution in [3.05, 3.63) is 34.1 Å². The topological polar surface area (TPSA) is 26.0 Å². The first-order chi connectivity index (χ1) is 5.65. The summed E-state index contributed by atoms with van der Waals surface area (Å²) in [5.41, 5.74) is 5.85. The molecule has 0 bridgehead atoms. The maximum atomic E-state index is 12.6. The van der Waals surface area contributed by atoms with Crippen molar-refractivity contribution in [1.29, 1.82) is 0 Å². The van der Waals surface area contributed by atoms with Crippen LogP contribution in [-0.4, -0.2) is 6.67 Å². The zero-order valence-electron chi connectivity index (χ0n) is 6.64. The molecule has 1 nitrogen and oxygen atoms in total. The highest BCUT2D eigenvalue weighted by molar-refractivity contribution is 9.10. The van der Waals surface area contributed by atoms with Crippen LogP contribution < -0.4 is 5.73 Å². The van der Waals surface area contributed by atoms with Crippen LogP contribution in [0.15, 0.2) is 22.7 Å². The third-order valence-electron chi connectivity index (χ3n) is 1.52. The molecule has 1 rings (SSSR count). The third-order valence-corrected chi connectivity index (χ3v) is 2.25. The molecule has 74 valence electrons. The lowest BCUT2D eigenvalue weighted by atomic mass is 10.1. The Bertz CT molecular complexity index is 283. The highest BCUT2D eigenvalue weighted by Gasteiger charge is 2.09. The zero-order chi connectivity index (χ0) is 9.14. The summed E-state index contributed by atoms with van der Waals surface area (Å²) >= 11 is 3.16. The molecular weight excluding hydrogens is 263 g/mol. The summed E-state index contributed by atoms with van der Waals surface area (Å²) in [7, 11) is 0. The van der Waals surface area contributed by atoms with Crippen LogP contribution in [-0.2, 0) is 0 Å². The molecule has 1 aromatic rings. The summed E-state index contributed by atoms with van der Waals surface area (Å²) in [4.78, 5) is 0. The molecule has 0 heterocycles. The summed E-state index contributed by atoms with van der Waals surface area (Å²) < 4.78 is 25.4. The van der Waals surface area contributed by atoms with Crippen LogP contribution in [0.2, 0.25) is 0 Å². The Morgan fingerprint density at radius 2 is 2.08 bits per heavy atom. The van der Waals surface area contributed by atoms with Gasteiger partial charge in [0.1, 0.15) is 12.5 Å². The van der Waals surface area contributed by atoms with Gasteiger partial charge in [-0.1, -0.05) is 15.9 Å². The molecule has 0 saturated heterocycles. The van der Waals surface area contributed by atoms with Crippen molar-refractivity contribution in [3.8, 4) is 0 Å².